The number of benzene rings is 2. The number of hydrogen-bond donors (Lipinski definition) is 1. The van der Waals surface area contributed by atoms with Crippen molar-refractivity contribution in [1.29, 1.82) is 0 Å². The van der Waals surface area contributed by atoms with Gasteiger partial charge < -0.3 is 9.94 Å². The molecule has 5 heteroatoms. The standard InChI is InChI=1S/C16H16ClNO3/c1-2-21-16(19)14(18-20)10-9-12-8-7-11-5-3-4-6-13(11)15(12)17/h3-8,20H,2,9-10H2,1H3. The van der Waals surface area contributed by atoms with E-state index in [9.17, 15) is 4.79 Å². The summed E-state index contributed by atoms with van der Waals surface area (Å²) >= 11 is 6.39. The molecule has 0 bridgehead atoms. The van der Waals surface area contributed by atoms with Crippen LogP contribution in [0.3, 0.4) is 0 Å². The molecule has 2 aromatic carbocycles. The monoisotopic (exact) mass is 305 g/mol. The van der Waals surface area contributed by atoms with Crippen LogP contribution in [0.5, 0.6) is 0 Å². The van der Waals surface area contributed by atoms with Crippen LogP contribution in [0.25, 0.3) is 10.8 Å². The summed E-state index contributed by atoms with van der Waals surface area (Å²) in [5.74, 6) is -0.600. The molecule has 21 heavy (non-hydrogen) atoms. The zero-order chi connectivity index (χ0) is 15.2. The van der Waals surface area contributed by atoms with Crippen LogP contribution in [0.1, 0.15) is 18.9 Å². The maximum atomic E-state index is 11.5. The van der Waals surface area contributed by atoms with Gasteiger partial charge in [0.25, 0.3) is 0 Å². The Morgan fingerprint density at radius 3 is 2.76 bits per heavy atom. The van der Waals surface area contributed by atoms with Crippen molar-refractivity contribution in [3.05, 3.63) is 47.0 Å². The Hall–Kier alpha value is -2.07. The summed E-state index contributed by atoms with van der Waals surface area (Å²) in [6.07, 6.45) is 0.773. The number of halogens is 1. The summed E-state index contributed by atoms with van der Waals surface area (Å²) in [4.78, 5) is 11.5. The average Bonchev–Trinajstić information content (AvgIpc) is 2.50. The SMILES string of the molecule is CCOC(=O)C(CCc1ccc2ccccc2c1Cl)=NO. The first kappa shape index (κ1) is 15.3. The van der Waals surface area contributed by atoms with Gasteiger partial charge in [-0.15, -0.1) is 0 Å². The number of carbonyl (C=O) groups excluding carboxylic acids is 1. The van der Waals surface area contributed by atoms with Gasteiger partial charge in [-0.3, -0.25) is 0 Å². The summed E-state index contributed by atoms with van der Waals surface area (Å²) in [5.41, 5.74) is 0.905. The second-order valence-corrected chi connectivity index (χ2v) is 4.90. The minimum atomic E-state index is -0.600. The summed E-state index contributed by atoms with van der Waals surface area (Å²) < 4.78 is 4.82. The Kier molecular flexibility index (Phi) is 5.17. The van der Waals surface area contributed by atoms with E-state index >= 15 is 0 Å². The van der Waals surface area contributed by atoms with Gasteiger partial charge in [0.2, 0.25) is 0 Å². The van der Waals surface area contributed by atoms with Crippen molar-refractivity contribution in [3.63, 3.8) is 0 Å². The summed E-state index contributed by atoms with van der Waals surface area (Å²) in [7, 11) is 0. The number of nitrogens with zero attached hydrogens (tertiary/aromatic N) is 1. The van der Waals surface area contributed by atoms with Gasteiger partial charge in [0.15, 0.2) is 5.71 Å². The highest BCUT2D eigenvalue weighted by Crippen LogP contribution is 2.28. The van der Waals surface area contributed by atoms with Crippen molar-refractivity contribution in [2.24, 2.45) is 5.16 Å². The number of hydrogen-bond acceptors (Lipinski definition) is 4. The zero-order valence-electron chi connectivity index (χ0n) is 11.7. The summed E-state index contributed by atoms with van der Waals surface area (Å²) in [6.45, 7) is 1.95. The maximum absolute atomic E-state index is 11.5. The van der Waals surface area contributed by atoms with Crippen molar-refractivity contribution in [2.45, 2.75) is 19.8 Å². The van der Waals surface area contributed by atoms with Crippen LogP contribution in [0.2, 0.25) is 5.02 Å². The summed E-state index contributed by atoms with van der Waals surface area (Å²) in [5, 5.41) is 14.6. The van der Waals surface area contributed by atoms with E-state index in [1.807, 2.05) is 36.4 Å². The number of esters is 1. The van der Waals surface area contributed by atoms with E-state index in [2.05, 4.69) is 5.16 Å². The molecule has 0 heterocycles. The largest absolute Gasteiger partial charge is 0.461 e. The van der Waals surface area contributed by atoms with Gasteiger partial charge in [-0.1, -0.05) is 53.2 Å². The molecule has 0 spiro atoms. The molecule has 0 radical (unpaired) electrons. The quantitative estimate of drug-likeness (QED) is 0.395. The predicted octanol–water partition coefficient (Wildman–Crippen LogP) is 3.82. The molecule has 0 aliphatic carbocycles. The molecule has 2 rings (SSSR count). The fraction of sp³-hybridized carbons (Fsp3) is 0.250. The van der Waals surface area contributed by atoms with Crippen LogP contribution in [-0.4, -0.2) is 23.5 Å². The van der Waals surface area contributed by atoms with Crippen LogP contribution in [0.15, 0.2) is 41.6 Å². The maximum Gasteiger partial charge on any atom is 0.356 e. The molecule has 0 fully saturated rings. The molecule has 1 N–H and O–H groups in total. The molecule has 0 saturated carbocycles. The normalized spacial score (nSPS) is 11.6. The van der Waals surface area contributed by atoms with Gasteiger partial charge in [0.1, 0.15) is 0 Å². The molecule has 4 nitrogen and oxygen atoms in total. The Morgan fingerprint density at radius 2 is 2.05 bits per heavy atom. The van der Waals surface area contributed by atoms with Crippen molar-refractivity contribution in [1.82, 2.24) is 0 Å². The van der Waals surface area contributed by atoms with Crippen LogP contribution < -0.4 is 0 Å². The lowest BCUT2D eigenvalue weighted by atomic mass is 10.0. The topological polar surface area (TPSA) is 58.9 Å². The highest BCUT2D eigenvalue weighted by atomic mass is 35.5. The number of ether oxygens (including phenoxy) is 1. The first-order chi connectivity index (χ1) is 10.2. The molecule has 0 aliphatic rings. The molecular formula is C16H16ClNO3. The van der Waals surface area contributed by atoms with Crippen LogP contribution >= 0.6 is 11.6 Å². The summed E-state index contributed by atoms with van der Waals surface area (Å²) in [6, 6.07) is 11.7. The van der Waals surface area contributed by atoms with Crippen molar-refractivity contribution in [2.75, 3.05) is 6.61 Å². The van der Waals surface area contributed by atoms with Gasteiger partial charge in [0.05, 0.1) is 11.6 Å². The van der Waals surface area contributed by atoms with Crippen LogP contribution in [0.4, 0.5) is 0 Å². The second-order valence-electron chi connectivity index (χ2n) is 4.53. The zero-order valence-corrected chi connectivity index (χ0v) is 12.4. The van der Waals surface area contributed by atoms with E-state index in [-0.39, 0.29) is 18.7 Å². The lowest BCUT2D eigenvalue weighted by Gasteiger charge is -2.08. The van der Waals surface area contributed by atoms with Crippen molar-refractivity contribution < 1.29 is 14.7 Å². The molecular weight excluding hydrogens is 290 g/mol. The number of oxime groups is 1. The predicted molar refractivity (Wildman–Crippen MR) is 83.1 cm³/mol. The number of carbonyl (C=O) groups is 1. The molecule has 110 valence electrons. The molecule has 0 unspecified atom stereocenters. The van der Waals surface area contributed by atoms with E-state index in [1.54, 1.807) is 6.92 Å². The third-order valence-electron chi connectivity index (χ3n) is 3.21. The van der Waals surface area contributed by atoms with Gasteiger partial charge in [-0.2, -0.15) is 0 Å². The van der Waals surface area contributed by atoms with Crippen LogP contribution in [-0.2, 0) is 16.0 Å². The first-order valence-corrected chi connectivity index (χ1v) is 7.09. The van der Waals surface area contributed by atoms with Crippen molar-refractivity contribution in [3.8, 4) is 0 Å². The minimum absolute atomic E-state index is 0.000996. The smallest absolute Gasteiger partial charge is 0.356 e. The van der Waals surface area contributed by atoms with E-state index in [1.165, 1.54) is 0 Å². The Bertz CT molecular complexity index is 682. The van der Waals surface area contributed by atoms with Gasteiger partial charge in [-0.05, 0) is 24.3 Å². The fourth-order valence-electron chi connectivity index (χ4n) is 2.13. The lowest BCUT2D eigenvalue weighted by Crippen LogP contribution is -2.18. The second kappa shape index (κ2) is 7.09. The Balaban J connectivity index is 2.17. The number of fused-ring (bicyclic) bond motifs is 1. The third kappa shape index (κ3) is 3.52. The van der Waals surface area contributed by atoms with Crippen LogP contribution in [0, 0.1) is 0 Å². The van der Waals surface area contributed by atoms with E-state index in [0.29, 0.717) is 11.4 Å². The van der Waals surface area contributed by atoms with E-state index in [0.717, 1.165) is 16.3 Å². The molecule has 0 atom stereocenters. The lowest BCUT2D eigenvalue weighted by molar-refractivity contribution is -0.135. The molecule has 2 aromatic rings. The van der Waals surface area contributed by atoms with Gasteiger partial charge >= 0.3 is 5.97 Å². The third-order valence-corrected chi connectivity index (χ3v) is 3.65. The Morgan fingerprint density at radius 1 is 1.29 bits per heavy atom. The minimum Gasteiger partial charge on any atom is -0.461 e. The molecule has 0 amide bonds. The highest BCUT2D eigenvalue weighted by Gasteiger charge is 2.14. The molecule has 0 aliphatic heterocycles. The van der Waals surface area contributed by atoms with Crippen molar-refractivity contribution >= 4 is 34.1 Å². The molecule has 0 aromatic heterocycles. The Labute approximate surface area is 128 Å². The number of aryl methyl sites for hydroxylation is 1. The van der Waals surface area contributed by atoms with Gasteiger partial charge in [-0.25, -0.2) is 4.79 Å². The first-order valence-electron chi connectivity index (χ1n) is 6.71. The fourth-order valence-corrected chi connectivity index (χ4v) is 2.46. The van der Waals surface area contributed by atoms with E-state index < -0.39 is 5.97 Å². The molecule has 0 saturated heterocycles. The number of rotatable bonds is 5. The highest BCUT2D eigenvalue weighted by molar-refractivity contribution is 6.37. The average molecular weight is 306 g/mol. The van der Waals surface area contributed by atoms with Gasteiger partial charge in [0, 0.05) is 11.8 Å². The van der Waals surface area contributed by atoms with E-state index in [4.69, 9.17) is 21.5 Å².